The maximum Gasteiger partial charge on any atom is 0.0540 e. The molecule has 2 heteroatoms. The van der Waals surface area contributed by atoms with Crippen LogP contribution >= 0.6 is 0 Å². The van der Waals surface area contributed by atoms with E-state index in [2.05, 4.69) is 98.7 Å². The Morgan fingerprint density at radius 3 is 1.10 bits per heavy atom. The highest BCUT2D eigenvalue weighted by molar-refractivity contribution is 5.27. The molecule has 2 aromatic carbocycles. The number of likely N-dealkylation sites (N-methyl/N-ethyl adjacent to an activating group) is 2. The van der Waals surface area contributed by atoms with E-state index in [0.29, 0.717) is 12.1 Å². The van der Waals surface area contributed by atoms with Gasteiger partial charge in [0.25, 0.3) is 0 Å². The lowest BCUT2D eigenvalue weighted by Gasteiger charge is -2.37. The van der Waals surface area contributed by atoms with Crippen molar-refractivity contribution in [1.29, 1.82) is 0 Å². The topological polar surface area (TPSA) is 6.48 Å². The van der Waals surface area contributed by atoms with E-state index in [-0.39, 0.29) is 0 Å². The molecular formula is C18H24N2. The van der Waals surface area contributed by atoms with E-state index < -0.39 is 0 Å². The zero-order valence-electron chi connectivity index (χ0n) is 12.8. The van der Waals surface area contributed by atoms with E-state index in [0.717, 1.165) is 0 Å². The van der Waals surface area contributed by atoms with Crippen molar-refractivity contribution in [1.82, 2.24) is 9.80 Å². The second-order valence-corrected chi connectivity index (χ2v) is 5.64. The molecule has 0 saturated heterocycles. The average Bonchev–Trinajstić information content (AvgIpc) is 2.45. The Morgan fingerprint density at radius 2 is 0.850 bits per heavy atom. The monoisotopic (exact) mass is 268 g/mol. The maximum atomic E-state index is 2.30. The van der Waals surface area contributed by atoms with Crippen LogP contribution in [0.2, 0.25) is 0 Å². The Balaban J connectivity index is 2.44. The first-order chi connectivity index (χ1) is 9.61. The minimum atomic E-state index is 0.327. The first-order valence-electron chi connectivity index (χ1n) is 7.04. The Hall–Kier alpha value is -1.64. The van der Waals surface area contributed by atoms with Gasteiger partial charge in [0.15, 0.2) is 0 Å². The summed E-state index contributed by atoms with van der Waals surface area (Å²) < 4.78 is 0. The molecule has 106 valence electrons. The molecule has 2 rings (SSSR count). The van der Waals surface area contributed by atoms with E-state index in [9.17, 15) is 0 Å². The molecule has 0 N–H and O–H groups in total. The molecular weight excluding hydrogens is 244 g/mol. The van der Waals surface area contributed by atoms with Gasteiger partial charge in [-0.3, -0.25) is 0 Å². The van der Waals surface area contributed by atoms with Gasteiger partial charge >= 0.3 is 0 Å². The van der Waals surface area contributed by atoms with Gasteiger partial charge in [-0.05, 0) is 39.3 Å². The lowest BCUT2D eigenvalue weighted by atomic mass is 9.92. The minimum absolute atomic E-state index is 0.327. The maximum absolute atomic E-state index is 2.30. The van der Waals surface area contributed by atoms with Crippen molar-refractivity contribution in [3.8, 4) is 0 Å². The highest BCUT2D eigenvalue weighted by atomic mass is 15.2. The zero-order valence-corrected chi connectivity index (χ0v) is 12.8. The van der Waals surface area contributed by atoms with Gasteiger partial charge < -0.3 is 9.80 Å². The molecule has 0 heterocycles. The summed E-state index contributed by atoms with van der Waals surface area (Å²) in [5, 5.41) is 0. The van der Waals surface area contributed by atoms with Crippen molar-refractivity contribution in [3.05, 3.63) is 71.8 Å². The van der Waals surface area contributed by atoms with Crippen LogP contribution in [0.4, 0.5) is 0 Å². The molecule has 0 spiro atoms. The number of hydrogen-bond donors (Lipinski definition) is 0. The van der Waals surface area contributed by atoms with Crippen LogP contribution in [0.3, 0.4) is 0 Å². The standard InChI is InChI=1S/C18H24N2/c1-19(2)17(15-11-7-5-8-12-15)18(20(3)4)16-13-9-6-10-14-16/h5-14,17-18H,1-4H3. The molecule has 2 unspecified atom stereocenters. The summed E-state index contributed by atoms with van der Waals surface area (Å²) in [7, 11) is 8.60. The molecule has 2 aromatic rings. The smallest absolute Gasteiger partial charge is 0.0540 e. The molecule has 0 aliphatic carbocycles. The van der Waals surface area contributed by atoms with Crippen molar-refractivity contribution in [2.75, 3.05) is 28.2 Å². The third kappa shape index (κ3) is 3.27. The first-order valence-corrected chi connectivity index (χ1v) is 7.04. The van der Waals surface area contributed by atoms with Crippen molar-refractivity contribution in [3.63, 3.8) is 0 Å². The fraction of sp³-hybridized carbons (Fsp3) is 0.333. The summed E-state index contributed by atoms with van der Waals surface area (Å²) >= 11 is 0. The summed E-state index contributed by atoms with van der Waals surface area (Å²) in [6.45, 7) is 0. The first kappa shape index (κ1) is 14.8. The number of rotatable bonds is 5. The van der Waals surface area contributed by atoms with E-state index in [1.165, 1.54) is 11.1 Å². The average molecular weight is 268 g/mol. The van der Waals surface area contributed by atoms with Crippen LogP contribution in [0, 0.1) is 0 Å². The SMILES string of the molecule is CN(C)C(c1ccccc1)C(c1ccccc1)N(C)C. The van der Waals surface area contributed by atoms with Crippen LogP contribution < -0.4 is 0 Å². The Morgan fingerprint density at radius 1 is 0.550 bits per heavy atom. The van der Waals surface area contributed by atoms with Gasteiger partial charge in [0, 0.05) is 0 Å². The number of benzene rings is 2. The molecule has 0 saturated carbocycles. The third-order valence-corrected chi connectivity index (χ3v) is 3.69. The highest BCUT2D eigenvalue weighted by Gasteiger charge is 2.28. The zero-order chi connectivity index (χ0) is 14.5. The fourth-order valence-corrected chi connectivity index (χ4v) is 2.83. The van der Waals surface area contributed by atoms with Crippen LogP contribution in [0.15, 0.2) is 60.7 Å². The summed E-state index contributed by atoms with van der Waals surface area (Å²) in [6.07, 6.45) is 0. The van der Waals surface area contributed by atoms with E-state index >= 15 is 0 Å². The molecule has 0 aliphatic heterocycles. The van der Waals surface area contributed by atoms with Crippen molar-refractivity contribution in [2.45, 2.75) is 12.1 Å². The van der Waals surface area contributed by atoms with Gasteiger partial charge in [-0.25, -0.2) is 0 Å². The van der Waals surface area contributed by atoms with Gasteiger partial charge in [-0.1, -0.05) is 60.7 Å². The fourth-order valence-electron chi connectivity index (χ4n) is 2.83. The lowest BCUT2D eigenvalue weighted by molar-refractivity contribution is 0.152. The Bertz CT molecular complexity index is 456. The van der Waals surface area contributed by atoms with Crippen LogP contribution in [-0.2, 0) is 0 Å². The number of hydrogen-bond acceptors (Lipinski definition) is 2. The van der Waals surface area contributed by atoms with E-state index in [1.807, 2.05) is 0 Å². The molecule has 0 aromatic heterocycles. The second kappa shape index (κ2) is 6.69. The van der Waals surface area contributed by atoms with E-state index in [4.69, 9.17) is 0 Å². The van der Waals surface area contributed by atoms with Crippen molar-refractivity contribution >= 4 is 0 Å². The van der Waals surface area contributed by atoms with Gasteiger partial charge in [0.05, 0.1) is 12.1 Å². The summed E-state index contributed by atoms with van der Waals surface area (Å²) in [6, 6.07) is 22.1. The highest BCUT2D eigenvalue weighted by Crippen LogP contribution is 2.35. The lowest BCUT2D eigenvalue weighted by Crippen LogP contribution is -2.34. The molecule has 2 nitrogen and oxygen atoms in total. The molecule has 0 radical (unpaired) electrons. The van der Waals surface area contributed by atoms with Gasteiger partial charge in [-0.15, -0.1) is 0 Å². The predicted octanol–water partition coefficient (Wildman–Crippen LogP) is 3.59. The van der Waals surface area contributed by atoms with Crippen molar-refractivity contribution in [2.24, 2.45) is 0 Å². The van der Waals surface area contributed by atoms with Crippen LogP contribution in [0.5, 0.6) is 0 Å². The molecule has 0 fully saturated rings. The molecule has 0 bridgehead atoms. The second-order valence-electron chi connectivity index (χ2n) is 5.64. The largest absolute Gasteiger partial charge is 0.301 e. The summed E-state index contributed by atoms with van der Waals surface area (Å²) in [4.78, 5) is 4.60. The molecule has 2 atom stereocenters. The minimum Gasteiger partial charge on any atom is -0.301 e. The third-order valence-electron chi connectivity index (χ3n) is 3.69. The van der Waals surface area contributed by atoms with Crippen LogP contribution in [-0.4, -0.2) is 38.0 Å². The summed E-state index contributed by atoms with van der Waals surface area (Å²) in [5.41, 5.74) is 2.69. The molecule has 20 heavy (non-hydrogen) atoms. The quantitative estimate of drug-likeness (QED) is 0.817. The predicted molar refractivity (Wildman–Crippen MR) is 85.7 cm³/mol. The van der Waals surface area contributed by atoms with Gasteiger partial charge in [0.2, 0.25) is 0 Å². The molecule has 0 amide bonds. The van der Waals surface area contributed by atoms with E-state index in [1.54, 1.807) is 0 Å². The van der Waals surface area contributed by atoms with Crippen LogP contribution in [0.25, 0.3) is 0 Å². The van der Waals surface area contributed by atoms with Gasteiger partial charge in [0.1, 0.15) is 0 Å². The molecule has 0 aliphatic rings. The normalized spacial score (nSPS) is 14.5. The Kier molecular flexibility index (Phi) is 4.94. The van der Waals surface area contributed by atoms with Crippen molar-refractivity contribution < 1.29 is 0 Å². The van der Waals surface area contributed by atoms with Gasteiger partial charge in [-0.2, -0.15) is 0 Å². The summed E-state index contributed by atoms with van der Waals surface area (Å²) in [5.74, 6) is 0. The Labute approximate surface area is 122 Å². The number of nitrogens with zero attached hydrogens (tertiary/aromatic N) is 2. The van der Waals surface area contributed by atoms with Crippen LogP contribution in [0.1, 0.15) is 23.2 Å².